The molecule has 0 N–H and O–H groups in total. The maximum absolute atomic E-state index is 11.2. The second-order valence-electron chi connectivity index (χ2n) is 3.40. The summed E-state index contributed by atoms with van der Waals surface area (Å²) < 4.78 is 4.59. The van der Waals surface area contributed by atoms with Crippen molar-refractivity contribution in [2.75, 3.05) is 25.1 Å². The van der Waals surface area contributed by atoms with E-state index in [1.54, 1.807) is 6.07 Å². The first-order valence-corrected chi connectivity index (χ1v) is 5.31. The normalized spacial score (nSPS) is 10.0. The summed E-state index contributed by atoms with van der Waals surface area (Å²) in [6.45, 7) is 7.75. The van der Waals surface area contributed by atoms with Crippen molar-refractivity contribution >= 4 is 11.8 Å². The summed E-state index contributed by atoms with van der Waals surface area (Å²) in [6, 6.07) is 1.70. The lowest BCUT2D eigenvalue weighted by atomic mass is 10.2. The van der Waals surface area contributed by atoms with Crippen LogP contribution in [0.2, 0.25) is 0 Å². The third kappa shape index (κ3) is 2.48. The number of rotatable bonds is 4. The molecule has 1 rings (SSSR count). The van der Waals surface area contributed by atoms with Crippen molar-refractivity contribution in [3.05, 3.63) is 17.3 Å². The minimum Gasteiger partial charge on any atom is -0.464 e. The third-order valence-corrected chi connectivity index (χ3v) is 2.42. The van der Waals surface area contributed by atoms with Gasteiger partial charge in [0.15, 0.2) is 11.5 Å². The average molecular weight is 223 g/mol. The molecule has 0 unspecified atom stereocenters. The average Bonchev–Trinajstić information content (AvgIpc) is 2.31. The highest BCUT2D eigenvalue weighted by atomic mass is 16.5. The van der Waals surface area contributed by atoms with E-state index in [1.807, 2.05) is 6.92 Å². The standard InChI is InChI=1S/C11H17N3O2/c1-5-14(6-2)10-8(3)7-9(12-13-10)11(15)16-4/h7H,5-6H2,1-4H3. The van der Waals surface area contributed by atoms with Crippen LogP contribution in [0.1, 0.15) is 29.9 Å². The molecule has 0 aliphatic heterocycles. The minimum absolute atomic E-state index is 0.246. The van der Waals surface area contributed by atoms with Gasteiger partial charge in [0.2, 0.25) is 0 Å². The SMILES string of the molecule is CCN(CC)c1nnc(C(=O)OC)cc1C. The topological polar surface area (TPSA) is 55.3 Å². The van der Waals surface area contributed by atoms with Crippen LogP contribution in [-0.4, -0.2) is 36.4 Å². The van der Waals surface area contributed by atoms with Crippen LogP contribution in [0.5, 0.6) is 0 Å². The molecule has 1 aromatic rings. The van der Waals surface area contributed by atoms with Crippen LogP contribution >= 0.6 is 0 Å². The number of aromatic nitrogens is 2. The van der Waals surface area contributed by atoms with Crippen molar-refractivity contribution in [2.45, 2.75) is 20.8 Å². The molecule has 0 atom stereocenters. The highest BCUT2D eigenvalue weighted by Crippen LogP contribution is 2.16. The maximum atomic E-state index is 11.2. The molecule has 0 saturated heterocycles. The van der Waals surface area contributed by atoms with Crippen LogP contribution in [-0.2, 0) is 4.74 Å². The molecule has 88 valence electrons. The molecule has 0 aliphatic carbocycles. The first-order valence-electron chi connectivity index (χ1n) is 5.31. The second-order valence-corrected chi connectivity index (χ2v) is 3.40. The van der Waals surface area contributed by atoms with Gasteiger partial charge in [0.25, 0.3) is 0 Å². The summed E-state index contributed by atoms with van der Waals surface area (Å²) in [4.78, 5) is 13.3. The smallest absolute Gasteiger partial charge is 0.358 e. The Morgan fingerprint density at radius 1 is 1.38 bits per heavy atom. The van der Waals surface area contributed by atoms with Crippen LogP contribution in [0.3, 0.4) is 0 Å². The molecule has 5 nitrogen and oxygen atoms in total. The number of nitrogens with zero attached hydrogens (tertiary/aromatic N) is 3. The zero-order valence-corrected chi connectivity index (χ0v) is 10.1. The molecule has 0 saturated carbocycles. The molecular formula is C11H17N3O2. The molecule has 0 bridgehead atoms. The van der Waals surface area contributed by atoms with Gasteiger partial charge >= 0.3 is 5.97 Å². The van der Waals surface area contributed by atoms with Gasteiger partial charge in [-0.05, 0) is 32.4 Å². The van der Waals surface area contributed by atoms with Gasteiger partial charge in [-0.25, -0.2) is 4.79 Å². The van der Waals surface area contributed by atoms with Gasteiger partial charge in [-0.1, -0.05) is 0 Å². The van der Waals surface area contributed by atoms with E-state index >= 15 is 0 Å². The molecular weight excluding hydrogens is 206 g/mol. The Kier molecular flexibility index (Phi) is 4.22. The van der Waals surface area contributed by atoms with Crippen LogP contribution in [0, 0.1) is 6.92 Å². The molecule has 5 heteroatoms. The van der Waals surface area contributed by atoms with Crippen molar-refractivity contribution in [1.82, 2.24) is 10.2 Å². The maximum Gasteiger partial charge on any atom is 0.358 e. The Morgan fingerprint density at radius 2 is 2.00 bits per heavy atom. The highest BCUT2D eigenvalue weighted by Gasteiger charge is 2.13. The second kappa shape index (κ2) is 5.44. The monoisotopic (exact) mass is 223 g/mol. The van der Waals surface area contributed by atoms with Crippen LogP contribution in [0.25, 0.3) is 0 Å². The molecule has 1 heterocycles. The molecule has 16 heavy (non-hydrogen) atoms. The van der Waals surface area contributed by atoms with Gasteiger partial charge in [0.1, 0.15) is 0 Å². The first kappa shape index (κ1) is 12.4. The number of hydrogen-bond acceptors (Lipinski definition) is 5. The summed E-state index contributed by atoms with van der Waals surface area (Å²) in [6.07, 6.45) is 0. The van der Waals surface area contributed by atoms with Crippen LogP contribution in [0.15, 0.2) is 6.07 Å². The zero-order chi connectivity index (χ0) is 12.1. The predicted octanol–water partition coefficient (Wildman–Crippen LogP) is 1.42. The van der Waals surface area contributed by atoms with Crippen molar-refractivity contribution in [2.24, 2.45) is 0 Å². The Hall–Kier alpha value is -1.65. The highest BCUT2D eigenvalue weighted by molar-refractivity contribution is 5.87. The third-order valence-electron chi connectivity index (χ3n) is 2.42. The van der Waals surface area contributed by atoms with Gasteiger partial charge < -0.3 is 9.64 Å². The fourth-order valence-corrected chi connectivity index (χ4v) is 1.52. The van der Waals surface area contributed by atoms with E-state index in [9.17, 15) is 4.79 Å². The molecule has 0 aromatic carbocycles. The summed E-state index contributed by atoms with van der Waals surface area (Å²) in [5, 5.41) is 7.93. The van der Waals surface area contributed by atoms with E-state index < -0.39 is 5.97 Å². The molecule has 0 fully saturated rings. The van der Waals surface area contributed by atoms with Gasteiger partial charge in [-0.15, -0.1) is 10.2 Å². The summed E-state index contributed by atoms with van der Waals surface area (Å²) in [5.74, 6) is 0.361. The van der Waals surface area contributed by atoms with Gasteiger partial charge in [0.05, 0.1) is 7.11 Å². The number of carbonyl (C=O) groups is 1. The van der Waals surface area contributed by atoms with Gasteiger partial charge in [-0.2, -0.15) is 0 Å². The lowest BCUT2D eigenvalue weighted by molar-refractivity contribution is 0.0592. The Balaban J connectivity index is 3.04. The zero-order valence-electron chi connectivity index (χ0n) is 10.1. The lowest BCUT2D eigenvalue weighted by Gasteiger charge is -2.20. The predicted molar refractivity (Wildman–Crippen MR) is 61.7 cm³/mol. The molecule has 1 aromatic heterocycles. The fourth-order valence-electron chi connectivity index (χ4n) is 1.52. The Labute approximate surface area is 95.4 Å². The van der Waals surface area contributed by atoms with Crippen molar-refractivity contribution in [1.29, 1.82) is 0 Å². The number of carbonyl (C=O) groups excluding carboxylic acids is 1. The van der Waals surface area contributed by atoms with Crippen LogP contribution < -0.4 is 4.90 Å². The van der Waals surface area contributed by atoms with E-state index in [1.165, 1.54) is 7.11 Å². The number of aryl methyl sites for hydroxylation is 1. The number of hydrogen-bond donors (Lipinski definition) is 0. The molecule has 0 aliphatic rings. The minimum atomic E-state index is -0.457. The number of esters is 1. The summed E-state index contributed by atoms with van der Waals surface area (Å²) >= 11 is 0. The summed E-state index contributed by atoms with van der Waals surface area (Å²) in [5.41, 5.74) is 1.18. The Bertz CT molecular complexity index is 375. The van der Waals surface area contributed by atoms with Gasteiger partial charge in [-0.3, -0.25) is 0 Å². The van der Waals surface area contributed by atoms with E-state index in [-0.39, 0.29) is 5.69 Å². The fraction of sp³-hybridized carbons (Fsp3) is 0.545. The van der Waals surface area contributed by atoms with E-state index in [4.69, 9.17) is 0 Å². The largest absolute Gasteiger partial charge is 0.464 e. The summed E-state index contributed by atoms with van der Waals surface area (Å²) in [7, 11) is 1.33. The molecule has 0 spiro atoms. The van der Waals surface area contributed by atoms with Crippen molar-refractivity contribution < 1.29 is 9.53 Å². The Morgan fingerprint density at radius 3 is 2.44 bits per heavy atom. The number of methoxy groups -OCH3 is 1. The van der Waals surface area contributed by atoms with Crippen molar-refractivity contribution in [3.8, 4) is 0 Å². The lowest BCUT2D eigenvalue weighted by Crippen LogP contribution is -2.24. The number of ether oxygens (including phenoxy) is 1. The van der Waals surface area contributed by atoms with E-state index in [0.717, 1.165) is 24.5 Å². The first-order chi connectivity index (χ1) is 7.63. The molecule has 0 amide bonds. The van der Waals surface area contributed by atoms with Crippen LogP contribution in [0.4, 0.5) is 5.82 Å². The quantitative estimate of drug-likeness (QED) is 0.722. The number of anilines is 1. The van der Waals surface area contributed by atoms with E-state index in [0.29, 0.717) is 0 Å². The van der Waals surface area contributed by atoms with Crippen molar-refractivity contribution in [3.63, 3.8) is 0 Å². The van der Waals surface area contributed by atoms with Gasteiger partial charge in [0, 0.05) is 13.1 Å². The molecule has 0 radical (unpaired) electrons. The van der Waals surface area contributed by atoms with E-state index in [2.05, 4.69) is 33.7 Å².